The molecule has 2 heterocycles. The fourth-order valence-corrected chi connectivity index (χ4v) is 1.95. The average molecular weight is 237 g/mol. The average Bonchev–Trinajstić information content (AvgIpc) is 2.72. The minimum atomic E-state index is -0.362. The van der Waals surface area contributed by atoms with Gasteiger partial charge in [0.05, 0.1) is 12.1 Å². The highest BCUT2D eigenvalue weighted by Crippen LogP contribution is 2.24. The van der Waals surface area contributed by atoms with Crippen LogP contribution in [0.1, 0.15) is 17.3 Å². The molecule has 2 rings (SSSR count). The molecule has 0 unspecified atom stereocenters. The highest BCUT2D eigenvalue weighted by atomic mass is 32.2. The van der Waals surface area contributed by atoms with Crippen molar-refractivity contribution in [2.75, 3.05) is 12.9 Å². The maximum Gasteiger partial charge on any atom is 0.341 e. The number of thioether (sulfide) groups is 1. The fourth-order valence-electron chi connectivity index (χ4n) is 1.44. The largest absolute Gasteiger partial charge is 0.462 e. The van der Waals surface area contributed by atoms with E-state index in [1.807, 2.05) is 6.26 Å². The first-order chi connectivity index (χ1) is 7.77. The zero-order chi connectivity index (χ0) is 11.5. The zero-order valence-corrected chi connectivity index (χ0v) is 9.80. The SMILES string of the molecule is CCOC(=O)c1c[nH]c2c(SC)ncnc12. The van der Waals surface area contributed by atoms with E-state index >= 15 is 0 Å². The summed E-state index contributed by atoms with van der Waals surface area (Å²) in [7, 11) is 0. The summed E-state index contributed by atoms with van der Waals surface area (Å²) >= 11 is 1.50. The van der Waals surface area contributed by atoms with Crippen LogP contribution in [0.25, 0.3) is 11.0 Å². The molecule has 0 aromatic carbocycles. The number of H-pyrrole nitrogens is 1. The van der Waals surface area contributed by atoms with E-state index in [0.717, 1.165) is 10.5 Å². The molecule has 2 aromatic rings. The number of fused-ring (bicyclic) bond motifs is 1. The van der Waals surface area contributed by atoms with Crippen molar-refractivity contribution in [3.8, 4) is 0 Å². The molecule has 6 heteroatoms. The number of hydrogen-bond donors (Lipinski definition) is 1. The standard InChI is InChI=1S/C10H11N3O2S/c1-3-15-10(14)6-4-11-8-7(6)12-5-13-9(8)16-2/h4-5,11H,3H2,1-2H3. The Kier molecular flexibility index (Phi) is 3.09. The van der Waals surface area contributed by atoms with Gasteiger partial charge in [0, 0.05) is 6.20 Å². The smallest absolute Gasteiger partial charge is 0.341 e. The summed E-state index contributed by atoms with van der Waals surface area (Å²) in [6.45, 7) is 2.13. The molecule has 16 heavy (non-hydrogen) atoms. The summed E-state index contributed by atoms with van der Waals surface area (Å²) in [5.41, 5.74) is 1.84. The Hall–Kier alpha value is -1.56. The molecule has 0 aliphatic heterocycles. The van der Waals surface area contributed by atoms with Gasteiger partial charge in [-0.25, -0.2) is 14.8 Å². The first-order valence-corrected chi connectivity index (χ1v) is 6.03. The number of rotatable bonds is 3. The summed E-state index contributed by atoms with van der Waals surface area (Å²) in [4.78, 5) is 22.8. The Labute approximate surface area is 96.6 Å². The predicted molar refractivity (Wildman–Crippen MR) is 61.6 cm³/mol. The van der Waals surface area contributed by atoms with Crippen LogP contribution in [-0.2, 0) is 4.74 Å². The van der Waals surface area contributed by atoms with Crippen molar-refractivity contribution in [2.45, 2.75) is 11.9 Å². The lowest BCUT2D eigenvalue weighted by atomic mass is 10.3. The van der Waals surface area contributed by atoms with Gasteiger partial charge in [-0.15, -0.1) is 11.8 Å². The molecule has 0 aliphatic carbocycles. The van der Waals surface area contributed by atoms with Gasteiger partial charge < -0.3 is 9.72 Å². The Morgan fingerprint density at radius 2 is 2.38 bits per heavy atom. The van der Waals surface area contributed by atoms with Gasteiger partial charge in [0.2, 0.25) is 0 Å². The van der Waals surface area contributed by atoms with E-state index in [-0.39, 0.29) is 5.97 Å². The highest BCUT2D eigenvalue weighted by molar-refractivity contribution is 7.98. The third-order valence-corrected chi connectivity index (χ3v) is 2.81. The van der Waals surface area contributed by atoms with Crippen molar-refractivity contribution < 1.29 is 9.53 Å². The summed E-state index contributed by atoms with van der Waals surface area (Å²) in [5, 5.41) is 0.820. The third-order valence-electron chi connectivity index (χ3n) is 2.12. The Morgan fingerprint density at radius 3 is 3.06 bits per heavy atom. The number of nitrogens with zero attached hydrogens (tertiary/aromatic N) is 2. The first-order valence-electron chi connectivity index (χ1n) is 4.81. The molecule has 0 fully saturated rings. The molecule has 0 radical (unpaired) electrons. The monoisotopic (exact) mass is 237 g/mol. The number of esters is 1. The van der Waals surface area contributed by atoms with Gasteiger partial charge in [0.1, 0.15) is 22.4 Å². The van der Waals surface area contributed by atoms with Crippen LogP contribution in [0, 0.1) is 0 Å². The number of ether oxygens (including phenoxy) is 1. The summed E-state index contributed by atoms with van der Waals surface area (Å²) in [6, 6.07) is 0. The number of carbonyl (C=O) groups is 1. The van der Waals surface area contributed by atoms with Crippen LogP contribution in [0.2, 0.25) is 0 Å². The van der Waals surface area contributed by atoms with Crippen molar-refractivity contribution in [3.05, 3.63) is 18.1 Å². The lowest BCUT2D eigenvalue weighted by molar-refractivity contribution is 0.0528. The van der Waals surface area contributed by atoms with Crippen LogP contribution < -0.4 is 0 Å². The first kappa shape index (κ1) is 10.9. The van der Waals surface area contributed by atoms with Crippen molar-refractivity contribution >= 4 is 28.8 Å². The Bertz CT molecular complexity index is 524. The van der Waals surface area contributed by atoms with E-state index in [2.05, 4.69) is 15.0 Å². The van der Waals surface area contributed by atoms with Gasteiger partial charge in [-0.05, 0) is 13.2 Å². The van der Waals surface area contributed by atoms with Gasteiger partial charge in [0.15, 0.2) is 0 Å². The minimum absolute atomic E-state index is 0.353. The summed E-state index contributed by atoms with van der Waals surface area (Å²) in [6.07, 6.45) is 4.98. The molecule has 0 aliphatic rings. The van der Waals surface area contributed by atoms with E-state index in [1.54, 1.807) is 13.1 Å². The van der Waals surface area contributed by atoms with Gasteiger partial charge in [-0.3, -0.25) is 0 Å². The van der Waals surface area contributed by atoms with Crippen LogP contribution >= 0.6 is 11.8 Å². The van der Waals surface area contributed by atoms with Crippen molar-refractivity contribution in [2.24, 2.45) is 0 Å². The molecular formula is C10H11N3O2S. The molecule has 5 nitrogen and oxygen atoms in total. The van der Waals surface area contributed by atoms with E-state index in [0.29, 0.717) is 17.7 Å². The molecule has 84 valence electrons. The normalized spacial score (nSPS) is 10.6. The second kappa shape index (κ2) is 4.52. The number of carbonyl (C=O) groups excluding carboxylic acids is 1. The minimum Gasteiger partial charge on any atom is -0.462 e. The van der Waals surface area contributed by atoms with E-state index in [1.165, 1.54) is 18.1 Å². The second-order valence-electron chi connectivity index (χ2n) is 3.03. The lowest BCUT2D eigenvalue weighted by Crippen LogP contribution is -2.04. The molecule has 1 N–H and O–H groups in total. The number of hydrogen-bond acceptors (Lipinski definition) is 5. The van der Waals surface area contributed by atoms with Crippen LogP contribution in [0.3, 0.4) is 0 Å². The predicted octanol–water partition coefficient (Wildman–Crippen LogP) is 1.86. The van der Waals surface area contributed by atoms with E-state index in [9.17, 15) is 4.79 Å². The van der Waals surface area contributed by atoms with Gasteiger partial charge in [0.25, 0.3) is 0 Å². The number of aromatic amines is 1. The topological polar surface area (TPSA) is 67.9 Å². The fraction of sp³-hybridized carbons (Fsp3) is 0.300. The maximum absolute atomic E-state index is 11.6. The third kappa shape index (κ3) is 1.76. The molecule has 0 saturated carbocycles. The van der Waals surface area contributed by atoms with Gasteiger partial charge in [-0.1, -0.05) is 0 Å². The van der Waals surface area contributed by atoms with Crippen molar-refractivity contribution in [1.82, 2.24) is 15.0 Å². The molecule has 0 atom stereocenters. The number of aromatic nitrogens is 3. The van der Waals surface area contributed by atoms with Crippen LogP contribution in [0.5, 0.6) is 0 Å². The molecular weight excluding hydrogens is 226 g/mol. The Morgan fingerprint density at radius 1 is 1.56 bits per heavy atom. The van der Waals surface area contributed by atoms with Gasteiger partial charge in [-0.2, -0.15) is 0 Å². The Balaban J connectivity index is 2.53. The van der Waals surface area contributed by atoms with E-state index < -0.39 is 0 Å². The quantitative estimate of drug-likeness (QED) is 0.501. The molecule has 0 amide bonds. The maximum atomic E-state index is 11.6. The van der Waals surface area contributed by atoms with Crippen LogP contribution in [0.15, 0.2) is 17.6 Å². The van der Waals surface area contributed by atoms with Crippen LogP contribution in [0.4, 0.5) is 0 Å². The number of nitrogens with one attached hydrogen (secondary N) is 1. The molecule has 0 saturated heterocycles. The zero-order valence-electron chi connectivity index (χ0n) is 8.98. The lowest BCUT2D eigenvalue weighted by Gasteiger charge is -1.99. The molecule has 2 aromatic heterocycles. The van der Waals surface area contributed by atoms with Crippen LogP contribution in [-0.4, -0.2) is 33.8 Å². The van der Waals surface area contributed by atoms with E-state index in [4.69, 9.17) is 4.74 Å². The van der Waals surface area contributed by atoms with Crippen molar-refractivity contribution in [3.63, 3.8) is 0 Å². The highest BCUT2D eigenvalue weighted by Gasteiger charge is 2.16. The van der Waals surface area contributed by atoms with Gasteiger partial charge >= 0.3 is 5.97 Å². The summed E-state index contributed by atoms with van der Waals surface area (Å²) in [5.74, 6) is -0.362. The second-order valence-corrected chi connectivity index (χ2v) is 3.82. The van der Waals surface area contributed by atoms with Crippen molar-refractivity contribution in [1.29, 1.82) is 0 Å². The molecule has 0 bridgehead atoms. The summed E-state index contributed by atoms with van der Waals surface area (Å²) < 4.78 is 4.94. The molecule has 0 spiro atoms.